The molecule has 0 aliphatic heterocycles. The minimum Gasteiger partial charge on any atom is -0.870 e. The van der Waals surface area contributed by atoms with E-state index in [-0.39, 0.29) is 152 Å². The van der Waals surface area contributed by atoms with E-state index in [2.05, 4.69) is 0 Å². The number of rotatable bonds is 5. The smallest absolute Gasteiger partial charge is 0.262 e. The van der Waals surface area contributed by atoms with Gasteiger partial charge in [0.15, 0.2) is 6.29 Å². The Bertz CT molecular complexity index is 460. The molecule has 0 spiro atoms. The summed E-state index contributed by atoms with van der Waals surface area (Å²) in [5.74, 6) is 0. The fraction of sp³-hybridized carbons (Fsp3) is 1.00. The van der Waals surface area contributed by atoms with Crippen LogP contribution in [0.4, 0.5) is 0 Å². The van der Waals surface area contributed by atoms with Crippen molar-refractivity contribution >= 4 is 15.6 Å². The summed E-state index contributed by atoms with van der Waals surface area (Å²) in [5.41, 5.74) is 0. The van der Waals surface area contributed by atoms with Crippen LogP contribution in [-0.4, -0.2) is 182 Å². The van der Waals surface area contributed by atoms with Gasteiger partial charge < -0.3 is 164 Å². The van der Waals surface area contributed by atoms with E-state index in [0.717, 1.165) is 0 Å². The van der Waals surface area contributed by atoms with Crippen LogP contribution in [0.15, 0.2) is 0 Å². The number of aliphatic hydroxyl groups excluding tert-OH is 10. The van der Waals surface area contributed by atoms with Gasteiger partial charge in [-0.3, -0.25) is 9.13 Å². The average molecular weight is 1150 g/mol. The molecule has 0 rings (SSSR count). The Balaban J connectivity index is -0.0000000128. The van der Waals surface area contributed by atoms with E-state index in [1.165, 1.54) is 0 Å². The first kappa shape index (κ1) is 131. The molecule has 34 nitrogen and oxygen atoms in total. The molecule has 7 atom stereocenters. The van der Waals surface area contributed by atoms with Gasteiger partial charge in [-0.25, -0.2) is 0 Å². The minimum absolute atomic E-state index is 0. The van der Waals surface area contributed by atoms with Gasteiger partial charge in [0.2, 0.25) is 12.6 Å². The van der Waals surface area contributed by atoms with E-state index >= 15 is 0 Å². The molecule has 351 valence electrons. The molecule has 27 N–H and O–H groups in total. The predicted molar refractivity (Wildman–Crippen MR) is 109 cm³/mol. The topological polar surface area (TPSA) is 772 Å². The normalized spacial score (nSPS) is 12.0. The van der Waals surface area contributed by atoms with E-state index in [1.54, 1.807) is 0 Å². The van der Waals surface area contributed by atoms with Gasteiger partial charge in [-0.15, -0.1) is 0 Å². The molecule has 0 bridgehead atoms. The zero-order valence-corrected chi connectivity index (χ0v) is 34.4. The van der Waals surface area contributed by atoms with Gasteiger partial charge in [0.25, 0.3) is 15.6 Å². The van der Waals surface area contributed by atoms with Gasteiger partial charge in [0, 0.05) is 126 Å². The van der Waals surface area contributed by atoms with Crippen molar-refractivity contribution in [1.82, 2.24) is 0 Å². The fourth-order valence-corrected chi connectivity index (χ4v) is 0. The standard InChI is InChI=1S/C2H6O4.C2H5O4.3C2H4O4.7Mn.2H3O4P.6H2O/c5*3-1(4)2(5)6;;;;;;;;2*1-5(2,3)4;;;;;;/h1-6H;1-5H;3*1-3,5H;;;;;;;;2*(H3,1,2,3,4);6*1H2/q;-1;3*-2;;;;;;;;;;;;;;;/p-4. The van der Waals surface area contributed by atoms with Crippen LogP contribution in [0.3, 0.4) is 0 Å². The van der Waals surface area contributed by atoms with E-state index in [1.807, 2.05) is 0 Å². The predicted octanol–water partition coefficient (Wildman–Crippen LogP) is -23.2. The molecule has 0 aromatic carbocycles. The van der Waals surface area contributed by atoms with Crippen LogP contribution in [0.5, 0.6) is 0 Å². The van der Waals surface area contributed by atoms with Gasteiger partial charge in [-0.2, -0.15) is 0 Å². The molecule has 0 amide bonds. The second-order valence-corrected chi connectivity index (χ2v) is 6.92. The zero-order valence-electron chi connectivity index (χ0n) is 24.3. The van der Waals surface area contributed by atoms with Gasteiger partial charge >= 0.3 is 0 Å². The minimum atomic E-state index is -4.89. The van der Waals surface area contributed by atoms with Gasteiger partial charge in [-0.1, -0.05) is 0 Å². The summed E-state index contributed by atoms with van der Waals surface area (Å²) in [6.45, 7) is 0. The third kappa shape index (κ3) is 294. The zero-order chi connectivity index (χ0) is 34.8. The Hall–Kier alpha value is 2.82. The Labute approximate surface area is 369 Å². The molecular formula is C10H37Mn7O34P2-11. The third-order valence-electron chi connectivity index (χ3n) is 1.25. The summed E-state index contributed by atoms with van der Waals surface area (Å²) in [6, 6.07) is 0. The van der Waals surface area contributed by atoms with Crippen molar-refractivity contribution in [3.05, 3.63) is 0 Å². The van der Waals surface area contributed by atoms with E-state index in [4.69, 9.17) is 105 Å². The summed E-state index contributed by atoms with van der Waals surface area (Å²) < 4.78 is 17.5. The molecule has 0 aromatic heterocycles. The molecule has 7 radical (unpaired) electrons. The van der Waals surface area contributed by atoms with Crippen molar-refractivity contribution in [3.63, 3.8) is 0 Å². The van der Waals surface area contributed by atoms with Gasteiger partial charge in [0.1, 0.15) is 0 Å². The van der Waals surface area contributed by atoms with Crippen LogP contribution in [0, 0.1) is 0 Å². The van der Waals surface area contributed by atoms with E-state index in [0.29, 0.717) is 0 Å². The maximum Gasteiger partial charge on any atom is 0.262 e. The second kappa shape index (κ2) is 79.0. The first-order chi connectivity index (χ1) is 17.2. The number of aliphatic hydroxyl groups is 13. The van der Waals surface area contributed by atoms with Crippen LogP contribution in [-0.2, 0) is 129 Å². The van der Waals surface area contributed by atoms with Crippen molar-refractivity contribution in [2.75, 3.05) is 0 Å². The molecule has 53 heavy (non-hydrogen) atoms. The maximum atomic E-state index is 9.28. The number of phosphoric acid groups is 2. The molecule has 7 unspecified atom stereocenters. The maximum absolute atomic E-state index is 9.28. The monoisotopic (exact) mass is 1150 g/mol. The quantitative estimate of drug-likeness (QED) is 0.0690. The molecule has 0 aliphatic carbocycles. The molecule has 43 heteroatoms. The van der Waals surface area contributed by atoms with Gasteiger partial charge in [0.05, 0.1) is 0 Å². The Morgan fingerprint density at radius 3 is 0.358 bits per heavy atom. The van der Waals surface area contributed by atoms with Crippen molar-refractivity contribution in [3.8, 4) is 0 Å². The van der Waals surface area contributed by atoms with Crippen LogP contribution >= 0.6 is 15.6 Å². The fourth-order valence-electron chi connectivity index (χ4n) is 0. The van der Waals surface area contributed by atoms with Crippen LogP contribution in [0.2, 0.25) is 0 Å². The Morgan fingerprint density at radius 1 is 0.302 bits per heavy atom. The summed E-state index contributed by atoms with van der Waals surface area (Å²) in [4.78, 5) is 45.8. The van der Waals surface area contributed by atoms with E-state index in [9.17, 15) is 35.7 Å². The molecule has 0 aromatic rings. The first-order valence-electron chi connectivity index (χ1n) is 8.20. The summed E-state index contributed by atoms with van der Waals surface area (Å²) in [6.07, 6.45) is -22.9. The van der Waals surface area contributed by atoms with Crippen LogP contribution in [0.25, 0.3) is 0 Å². The average Bonchev–Trinajstić information content (AvgIpc) is 2.66. The molecule has 0 aliphatic rings. The molecule has 0 saturated heterocycles. The SMILES string of the molecule is O.O.O.O.O=P([O-])(O)O.O=P([O-])(O)O.OC(O)C(O)O.[Mn].[Mn].[Mn].[Mn].[Mn].[Mn].[Mn].[O-]C(O)C(O)O.[O-]C(O)C([O-])O.[O-]C(O)C([O-])O.[O-]C(O)C([O-])O.[OH-].[OH-]. The summed E-state index contributed by atoms with van der Waals surface area (Å²) >= 11 is 0. The first-order valence-corrected chi connectivity index (χ1v) is 11.3. The van der Waals surface area contributed by atoms with Crippen molar-refractivity contribution in [2.45, 2.75) is 62.9 Å². The summed E-state index contributed by atoms with van der Waals surface area (Å²) in [7, 11) is -9.78. The van der Waals surface area contributed by atoms with Crippen molar-refractivity contribution in [2.24, 2.45) is 0 Å². The number of hydrogen-bond donors (Lipinski definition) is 17. The third-order valence-corrected chi connectivity index (χ3v) is 1.25. The number of hydrogen-bond acceptors (Lipinski definition) is 26. The largest absolute Gasteiger partial charge is 0.870 e. The molecule has 0 heterocycles. The van der Waals surface area contributed by atoms with Crippen molar-refractivity contribution < 1.29 is 293 Å². The second-order valence-electron chi connectivity index (χ2n) is 4.96. The summed E-state index contributed by atoms with van der Waals surface area (Å²) in [5, 5.41) is 163. The molecular weight excluding hydrogens is 1110 g/mol. The van der Waals surface area contributed by atoms with Gasteiger partial charge in [-0.05, 0) is 37.7 Å². The Morgan fingerprint density at radius 2 is 0.358 bits per heavy atom. The molecule has 0 saturated carbocycles. The van der Waals surface area contributed by atoms with Crippen LogP contribution < -0.4 is 45.5 Å². The Kier molecular flexibility index (Phi) is 195. The van der Waals surface area contributed by atoms with Crippen LogP contribution in [0.1, 0.15) is 0 Å². The van der Waals surface area contributed by atoms with Crippen molar-refractivity contribution in [1.29, 1.82) is 0 Å². The van der Waals surface area contributed by atoms with E-state index < -0.39 is 78.5 Å². The molecule has 0 fully saturated rings.